The number of carbonyl (C=O) groups excluding carboxylic acids is 4. The Balaban J connectivity index is 5.23. The molecular formula is C70H136O17P2. The van der Waals surface area contributed by atoms with Crippen LogP contribution in [0.25, 0.3) is 0 Å². The minimum atomic E-state index is -4.95. The summed E-state index contributed by atoms with van der Waals surface area (Å²) in [5.74, 6) is -0.611. The molecule has 0 aliphatic rings. The summed E-state index contributed by atoms with van der Waals surface area (Å²) < 4.78 is 68.2. The third-order valence-electron chi connectivity index (χ3n) is 16.6. The summed E-state index contributed by atoms with van der Waals surface area (Å²) in [5, 5.41) is 10.6. The van der Waals surface area contributed by atoms with Crippen molar-refractivity contribution in [3.63, 3.8) is 0 Å². The van der Waals surface area contributed by atoms with E-state index in [-0.39, 0.29) is 25.7 Å². The van der Waals surface area contributed by atoms with E-state index in [0.29, 0.717) is 25.7 Å². The molecule has 6 atom stereocenters. The lowest BCUT2D eigenvalue weighted by Gasteiger charge is -2.21. The maximum atomic E-state index is 13.0. The average molecular weight is 1310 g/mol. The molecule has 0 aliphatic heterocycles. The number of carbonyl (C=O) groups is 4. The second kappa shape index (κ2) is 62.2. The zero-order chi connectivity index (χ0) is 65.7. The Morgan fingerprint density at radius 1 is 0.326 bits per heavy atom. The molecule has 17 nitrogen and oxygen atoms in total. The van der Waals surface area contributed by atoms with Crippen LogP contribution in [0.3, 0.4) is 0 Å². The Bertz CT molecular complexity index is 1740. The van der Waals surface area contributed by atoms with Gasteiger partial charge in [0.25, 0.3) is 0 Å². The van der Waals surface area contributed by atoms with Crippen LogP contribution in [0.2, 0.25) is 0 Å². The molecule has 0 amide bonds. The standard InChI is InChI=1S/C70H136O17P2/c1-7-10-12-14-16-18-19-22-26-30-34-41-47-53-68(73)81-58-65(86-69(74)54-48-42-35-31-27-24-21-20-23-25-29-32-38-44-50-62(4)5)60-84-88(76,77)82-56-64(71)57-83-89(78,79)85-61-66(59-80-67(72)52-46-40-33-28-17-15-13-11-8-2)87-70(75)55-49-43-37-36-39-45-51-63(6)9-3/h62-66,71H,7-61H2,1-6H3,(H,76,77)(H,78,79)/t63?,64-,65-,66-/m1/s1. The molecule has 0 aliphatic carbocycles. The van der Waals surface area contributed by atoms with Gasteiger partial charge in [-0.3, -0.25) is 37.3 Å². The third-order valence-corrected chi connectivity index (χ3v) is 18.5. The van der Waals surface area contributed by atoms with E-state index < -0.39 is 97.5 Å². The summed E-state index contributed by atoms with van der Waals surface area (Å²) in [7, 11) is -9.90. The summed E-state index contributed by atoms with van der Waals surface area (Å²) in [4.78, 5) is 72.5. The Morgan fingerprint density at radius 3 is 0.854 bits per heavy atom. The number of rotatable bonds is 69. The number of ether oxygens (including phenoxy) is 4. The van der Waals surface area contributed by atoms with Crippen LogP contribution in [-0.2, 0) is 65.4 Å². The zero-order valence-electron chi connectivity index (χ0n) is 57.7. The van der Waals surface area contributed by atoms with E-state index in [9.17, 15) is 43.2 Å². The minimum Gasteiger partial charge on any atom is -0.462 e. The van der Waals surface area contributed by atoms with Crippen molar-refractivity contribution in [2.24, 2.45) is 11.8 Å². The number of aliphatic hydroxyl groups excluding tert-OH is 1. The van der Waals surface area contributed by atoms with Crippen molar-refractivity contribution in [1.82, 2.24) is 0 Å². The predicted octanol–water partition coefficient (Wildman–Crippen LogP) is 20.0. The molecule has 0 aromatic carbocycles. The lowest BCUT2D eigenvalue weighted by molar-refractivity contribution is -0.161. The third kappa shape index (κ3) is 63.2. The van der Waals surface area contributed by atoms with Crippen molar-refractivity contribution in [2.75, 3.05) is 39.6 Å². The Hall–Kier alpha value is -1.94. The van der Waals surface area contributed by atoms with Gasteiger partial charge in [0.15, 0.2) is 12.2 Å². The molecule has 3 N–H and O–H groups in total. The highest BCUT2D eigenvalue weighted by molar-refractivity contribution is 7.47. The lowest BCUT2D eigenvalue weighted by Crippen LogP contribution is -2.30. The fourth-order valence-corrected chi connectivity index (χ4v) is 12.1. The molecular weight excluding hydrogens is 1170 g/mol. The highest BCUT2D eigenvalue weighted by Gasteiger charge is 2.30. The SMILES string of the molecule is CCCCCCCCCCCCCCCC(=O)OC[C@H](COP(=O)(O)OC[C@@H](O)COP(=O)(O)OC[C@@H](COC(=O)CCCCCCCCCCC)OC(=O)CCCCCCCCC(C)CC)OC(=O)CCCCCCCCCCCCCCCCC(C)C. The molecule has 528 valence electrons. The topological polar surface area (TPSA) is 237 Å². The minimum absolute atomic E-state index is 0.103. The van der Waals surface area contributed by atoms with Gasteiger partial charge in [0.2, 0.25) is 0 Å². The van der Waals surface area contributed by atoms with Gasteiger partial charge < -0.3 is 33.8 Å². The van der Waals surface area contributed by atoms with Crippen molar-refractivity contribution >= 4 is 39.5 Å². The quantitative estimate of drug-likeness (QED) is 0.0222. The van der Waals surface area contributed by atoms with Gasteiger partial charge in [0.1, 0.15) is 19.3 Å². The van der Waals surface area contributed by atoms with E-state index in [4.69, 9.17) is 37.0 Å². The van der Waals surface area contributed by atoms with Crippen molar-refractivity contribution in [1.29, 1.82) is 0 Å². The summed E-state index contributed by atoms with van der Waals surface area (Å²) in [6.45, 7) is 9.51. The summed E-state index contributed by atoms with van der Waals surface area (Å²) in [5.41, 5.74) is 0. The van der Waals surface area contributed by atoms with Crippen molar-refractivity contribution in [2.45, 2.75) is 374 Å². The summed E-state index contributed by atoms with van der Waals surface area (Å²) in [6, 6.07) is 0. The first-order chi connectivity index (χ1) is 42.9. The summed E-state index contributed by atoms with van der Waals surface area (Å²) >= 11 is 0. The molecule has 89 heavy (non-hydrogen) atoms. The molecule has 3 unspecified atom stereocenters. The van der Waals surface area contributed by atoms with E-state index in [1.54, 1.807) is 0 Å². The molecule has 0 heterocycles. The van der Waals surface area contributed by atoms with Crippen LogP contribution in [0.4, 0.5) is 0 Å². The number of esters is 4. The zero-order valence-corrected chi connectivity index (χ0v) is 59.5. The maximum absolute atomic E-state index is 13.0. The number of hydrogen-bond acceptors (Lipinski definition) is 15. The highest BCUT2D eigenvalue weighted by Crippen LogP contribution is 2.45. The molecule has 0 rings (SSSR count). The molecule has 0 aromatic heterocycles. The predicted molar refractivity (Wildman–Crippen MR) is 358 cm³/mol. The number of unbranched alkanes of at least 4 members (excludes halogenated alkanes) is 38. The van der Waals surface area contributed by atoms with Gasteiger partial charge in [-0.25, -0.2) is 9.13 Å². The van der Waals surface area contributed by atoms with Crippen LogP contribution < -0.4 is 0 Å². The van der Waals surface area contributed by atoms with Crippen LogP contribution in [0, 0.1) is 11.8 Å². The van der Waals surface area contributed by atoms with Gasteiger partial charge in [0.05, 0.1) is 26.4 Å². The smallest absolute Gasteiger partial charge is 0.462 e. The van der Waals surface area contributed by atoms with Crippen LogP contribution in [0.5, 0.6) is 0 Å². The molecule has 19 heteroatoms. The van der Waals surface area contributed by atoms with Gasteiger partial charge >= 0.3 is 39.5 Å². The number of phosphoric acid groups is 2. The lowest BCUT2D eigenvalue weighted by atomic mass is 10.00. The molecule has 0 radical (unpaired) electrons. The van der Waals surface area contributed by atoms with Crippen molar-refractivity contribution < 1.29 is 80.2 Å². The van der Waals surface area contributed by atoms with Gasteiger partial charge in [-0.2, -0.15) is 0 Å². The van der Waals surface area contributed by atoms with Crippen LogP contribution >= 0.6 is 15.6 Å². The second-order valence-electron chi connectivity index (χ2n) is 26.0. The van der Waals surface area contributed by atoms with Crippen molar-refractivity contribution in [3.05, 3.63) is 0 Å². The average Bonchev–Trinajstić information content (AvgIpc) is 3.63. The first-order valence-electron chi connectivity index (χ1n) is 36.5. The van der Waals surface area contributed by atoms with Crippen LogP contribution in [-0.4, -0.2) is 96.7 Å². The number of hydrogen-bond donors (Lipinski definition) is 3. The molecule has 0 bridgehead atoms. The molecule has 0 fully saturated rings. The van der Waals surface area contributed by atoms with Crippen LogP contribution in [0.1, 0.15) is 356 Å². The first kappa shape index (κ1) is 87.1. The largest absolute Gasteiger partial charge is 0.472 e. The Labute approximate surface area is 543 Å². The summed E-state index contributed by atoms with van der Waals surface area (Å²) in [6.07, 6.45) is 47.2. The van der Waals surface area contributed by atoms with E-state index in [2.05, 4.69) is 41.5 Å². The van der Waals surface area contributed by atoms with Gasteiger partial charge in [-0.1, -0.05) is 305 Å². The Morgan fingerprint density at radius 2 is 0.573 bits per heavy atom. The van der Waals surface area contributed by atoms with Gasteiger partial charge in [-0.05, 0) is 37.5 Å². The number of phosphoric ester groups is 2. The van der Waals surface area contributed by atoms with E-state index in [0.717, 1.165) is 102 Å². The molecule has 0 aromatic rings. The van der Waals surface area contributed by atoms with E-state index in [1.165, 1.54) is 173 Å². The number of aliphatic hydroxyl groups is 1. The first-order valence-corrected chi connectivity index (χ1v) is 39.5. The molecule has 0 spiro atoms. The normalized spacial score (nSPS) is 14.4. The fourth-order valence-electron chi connectivity index (χ4n) is 10.6. The van der Waals surface area contributed by atoms with E-state index in [1.807, 2.05) is 0 Å². The molecule has 0 saturated heterocycles. The Kier molecular flexibility index (Phi) is 60.8. The fraction of sp³-hybridized carbons (Fsp3) is 0.943. The monoisotopic (exact) mass is 1310 g/mol. The van der Waals surface area contributed by atoms with Crippen molar-refractivity contribution in [3.8, 4) is 0 Å². The van der Waals surface area contributed by atoms with E-state index >= 15 is 0 Å². The maximum Gasteiger partial charge on any atom is 0.472 e. The van der Waals surface area contributed by atoms with Gasteiger partial charge in [0, 0.05) is 25.7 Å². The van der Waals surface area contributed by atoms with Gasteiger partial charge in [-0.15, -0.1) is 0 Å². The highest BCUT2D eigenvalue weighted by atomic mass is 31.2. The second-order valence-corrected chi connectivity index (χ2v) is 28.9. The van der Waals surface area contributed by atoms with Crippen LogP contribution in [0.15, 0.2) is 0 Å². The molecule has 0 saturated carbocycles.